The fraction of sp³-hybridized carbons (Fsp3) is 0.0588. The van der Waals surface area contributed by atoms with Crippen LogP contribution in [0.25, 0.3) is 22.6 Å². The van der Waals surface area contributed by atoms with E-state index in [0.29, 0.717) is 16.7 Å². The van der Waals surface area contributed by atoms with Crippen molar-refractivity contribution in [3.8, 4) is 22.6 Å². The van der Waals surface area contributed by atoms with Crippen LogP contribution >= 0.6 is 11.6 Å². The Bertz CT molecular complexity index is 788. The van der Waals surface area contributed by atoms with Crippen LogP contribution in [0.15, 0.2) is 54.6 Å². The number of aryl methyl sites for hydroxylation is 1. The van der Waals surface area contributed by atoms with E-state index < -0.39 is 0 Å². The van der Waals surface area contributed by atoms with Crippen molar-refractivity contribution in [3.05, 3.63) is 71.1 Å². The number of rotatable bonds is 2. The van der Waals surface area contributed by atoms with Gasteiger partial charge in [0.2, 0.25) is 0 Å². The Labute approximate surface area is 127 Å². The maximum absolute atomic E-state index is 13.2. The summed E-state index contributed by atoms with van der Waals surface area (Å²) in [4.78, 5) is 8.80. The summed E-state index contributed by atoms with van der Waals surface area (Å²) in [6, 6.07) is 15.9. The Morgan fingerprint density at radius 3 is 2.43 bits per heavy atom. The minimum absolute atomic E-state index is 0.264. The topological polar surface area (TPSA) is 25.8 Å². The third-order valence-corrected chi connectivity index (χ3v) is 3.38. The molecule has 21 heavy (non-hydrogen) atoms. The molecule has 1 aromatic heterocycles. The molecule has 2 aromatic carbocycles. The normalized spacial score (nSPS) is 10.6. The fourth-order valence-electron chi connectivity index (χ4n) is 2.19. The van der Waals surface area contributed by atoms with Gasteiger partial charge in [-0.2, -0.15) is 0 Å². The van der Waals surface area contributed by atoms with E-state index in [1.54, 1.807) is 12.1 Å². The zero-order valence-corrected chi connectivity index (χ0v) is 12.1. The molecular formula is C17H12ClFN2. The standard InChI is InChI=1S/C17H12ClFN2/c1-11-9-13(19)7-8-14(11)15-10-16(18)21-17(20-15)12-5-3-2-4-6-12/h2-10H,1H3. The summed E-state index contributed by atoms with van der Waals surface area (Å²) in [6.45, 7) is 1.84. The van der Waals surface area contributed by atoms with Gasteiger partial charge in [0.1, 0.15) is 11.0 Å². The predicted octanol–water partition coefficient (Wildman–Crippen LogP) is 4.91. The molecule has 1 heterocycles. The van der Waals surface area contributed by atoms with Gasteiger partial charge in [-0.1, -0.05) is 41.9 Å². The fourth-order valence-corrected chi connectivity index (χ4v) is 2.37. The summed E-state index contributed by atoms with van der Waals surface area (Å²) in [6.07, 6.45) is 0. The van der Waals surface area contributed by atoms with Crippen LogP contribution in [0.1, 0.15) is 5.56 Å². The van der Waals surface area contributed by atoms with E-state index in [0.717, 1.165) is 16.7 Å². The van der Waals surface area contributed by atoms with Crippen LogP contribution < -0.4 is 0 Å². The molecule has 0 saturated carbocycles. The van der Waals surface area contributed by atoms with Gasteiger partial charge in [-0.25, -0.2) is 14.4 Å². The third kappa shape index (κ3) is 2.93. The highest BCUT2D eigenvalue weighted by Crippen LogP contribution is 2.26. The van der Waals surface area contributed by atoms with E-state index in [2.05, 4.69) is 9.97 Å². The summed E-state index contributed by atoms with van der Waals surface area (Å²) in [5.74, 6) is 0.293. The maximum atomic E-state index is 13.2. The number of hydrogen-bond acceptors (Lipinski definition) is 2. The van der Waals surface area contributed by atoms with Crippen molar-refractivity contribution in [1.82, 2.24) is 9.97 Å². The maximum Gasteiger partial charge on any atom is 0.161 e. The molecule has 4 heteroatoms. The lowest BCUT2D eigenvalue weighted by Gasteiger charge is -2.08. The second kappa shape index (κ2) is 5.62. The van der Waals surface area contributed by atoms with Crippen LogP contribution in [0.5, 0.6) is 0 Å². The number of nitrogens with zero attached hydrogens (tertiary/aromatic N) is 2. The summed E-state index contributed by atoms with van der Waals surface area (Å²) in [5.41, 5.74) is 3.23. The Hall–Kier alpha value is -2.26. The first-order valence-electron chi connectivity index (χ1n) is 6.50. The van der Waals surface area contributed by atoms with E-state index in [9.17, 15) is 4.39 Å². The first kappa shape index (κ1) is 13.7. The molecule has 0 saturated heterocycles. The van der Waals surface area contributed by atoms with Crippen LogP contribution in [0, 0.1) is 12.7 Å². The first-order chi connectivity index (χ1) is 10.1. The molecule has 3 aromatic rings. The number of benzene rings is 2. The lowest BCUT2D eigenvalue weighted by molar-refractivity contribution is 0.627. The lowest BCUT2D eigenvalue weighted by atomic mass is 10.1. The van der Waals surface area contributed by atoms with Crippen LogP contribution in [0.2, 0.25) is 5.15 Å². The number of hydrogen-bond donors (Lipinski definition) is 0. The molecule has 0 radical (unpaired) electrons. The van der Waals surface area contributed by atoms with Crippen LogP contribution in [0.4, 0.5) is 4.39 Å². The molecule has 0 unspecified atom stereocenters. The molecule has 0 aliphatic heterocycles. The SMILES string of the molecule is Cc1cc(F)ccc1-c1cc(Cl)nc(-c2ccccc2)n1. The van der Waals surface area contributed by atoms with Gasteiger partial charge in [0.25, 0.3) is 0 Å². The molecule has 0 amide bonds. The lowest BCUT2D eigenvalue weighted by Crippen LogP contribution is -1.94. The summed E-state index contributed by atoms with van der Waals surface area (Å²) in [5, 5.41) is 0.363. The summed E-state index contributed by atoms with van der Waals surface area (Å²) in [7, 11) is 0. The number of aromatic nitrogens is 2. The molecule has 0 aliphatic rings. The second-order valence-corrected chi connectivity index (χ2v) is 5.11. The smallest absolute Gasteiger partial charge is 0.161 e. The average molecular weight is 299 g/mol. The van der Waals surface area contributed by atoms with E-state index in [1.165, 1.54) is 12.1 Å². The Kier molecular flexibility index (Phi) is 3.67. The quantitative estimate of drug-likeness (QED) is 0.628. The molecule has 0 spiro atoms. The van der Waals surface area contributed by atoms with E-state index in [1.807, 2.05) is 37.3 Å². The van der Waals surface area contributed by atoms with Crippen molar-refractivity contribution < 1.29 is 4.39 Å². The molecule has 104 valence electrons. The molecule has 0 N–H and O–H groups in total. The Balaban J connectivity index is 2.14. The van der Waals surface area contributed by atoms with Crippen molar-refractivity contribution in [3.63, 3.8) is 0 Å². The first-order valence-corrected chi connectivity index (χ1v) is 6.88. The minimum atomic E-state index is -0.264. The summed E-state index contributed by atoms with van der Waals surface area (Å²) < 4.78 is 13.2. The Morgan fingerprint density at radius 1 is 0.952 bits per heavy atom. The van der Waals surface area contributed by atoms with Gasteiger partial charge in [0.05, 0.1) is 5.69 Å². The van der Waals surface area contributed by atoms with Gasteiger partial charge < -0.3 is 0 Å². The molecule has 0 aliphatic carbocycles. The van der Waals surface area contributed by atoms with Gasteiger partial charge in [-0.3, -0.25) is 0 Å². The van der Waals surface area contributed by atoms with Crippen LogP contribution in [-0.2, 0) is 0 Å². The predicted molar refractivity (Wildman–Crippen MR) is 82.6 cm³/mol. The largest absolute Gasteiger partial charge is 0.228 e. The van der Waals surface area contributed by atoms with Crippen molar-refractivity contribution in [2.24, 2.45) is 0 Å². The molecular weight excluding hydrogens is 287 g/mol. The van der Waals surface area contributed by atoms with Crippen molar-refractivity contribution in [2.75, 3.05) is 0 Å². The van der Waals surface area contributed by atoms with E-state index in [-0.39, 0.29) is 5.82 Å². The zero-order valence-electron chi connectivity index (χ0n) is 11.3. The highest BCUT2D eigenvalue weighted by molar-refractivity contribution is 6.29. The zero-order chi connectivity index (χ0) is 14.8. The highest BCUT2D eigenvalue weighted by atomic mass is 35.5. The summed E-state index contributed by atoms with van der Waals surface area (Å²) >= 11 is 6.11. The van der Waals surface area contributed by atoms with Crippen molar-refractivity contribution in [1.29, 1.82) is 0 Å². The number of halogens is 2. The molecule has 0 fully saturated rings. The molecule has 0 bridgehead atoms. The van der Waals surface area contributed by atoms with E-state index in [4.69, 9.17) is 11.6 Å². The van der Waals surface area contributed by atoms with Gasteiger partial charge in [0.15, 0.2) is 5.82 Å². The van der Waals surface area contributed by atoms with Crippen LogP contribution in [-0.4, -0.2) is 9.97 Å². The van der Waals surface area contributed by atoms with Gasteiger partial charge in [-0.05, 0) is 30.7 Å². The van der Waals surface area contributed by atoms with Gasteiger partial charge in [0, 0.05) is 17.2 Å². The molecule has 0 atom stereocenters. The van der Waals surface area contributed by atoms with Gasteiger partial charge in [-0.15, -0.1) is 0 Å². The Morgan fingerprint density at radius 2 is 1.71 bits per heavy atom. The average Bonchev–Trinajstić information content (AvgIpc) is 2.47. The molecule has 2 nitrogen and oxygen atoms in total. The third-order valence-electron chi connectivity index (χ3n) is 3.19. The second-order valence-electron chi connectivity index (χ2n) is 4.72. The van der Waals surface area contributed by atoms with E-state index >= 15 is 0 Å². The van der Waals surface area contributed by atoms with Gasteiger partial charge >= 0.3 is 0 Å². The molecule has 3 rings (SSSR count). The highest BCUT2D eigenvalue weighted by Gasteiger charge is 2.10. The monoisotopic (exact) mass is 298 g/mol. The minimum Gasteiger partial charge on any atom is -0.228 e. The van der Waals surface area contributed by atoms with Crippen molar-refractivity contribution >= 4 is 11.6 Å². The van der Waals surface area contributed by atoms with Crippen molar-refractivity contribution in [2.45, 2.75) is 6.92 Å². The van der Waals surface area contributed by atoms with Crippen LogP contribution in [0.3, 0.4) is 0 Å².